The van der Waals surface area contributed by atoms with Gasteiger partial charge in [-0.15, -0.1) is 13.2 Å². The molecule has 0 bridgehead atoms. The number of piperidine rings is 1. The number of allylic oxidation sites excluding steroid dienone is 1. The van der Waals surface area contributed by atoms with E-state index in [0.717, 1.165) is 23.3 Å². The molecule has 7 nitrogen and oxygen atoms in total. The Kier molecular flexibility index (Phi) is 5.59. The summed E-state index contributed by atoms with van der Waals surface area (Å²) < 4.78 is 40.9. The molecule has 1 aromatic heterocycles. The van der Waals surface area contributed by atoms with Crippen LogP contribution in [0, 0.1) is 11.3 Å². The number of benzene rings is 1. The van der Waals surface area contributed by atoms with Gasteiger partial charge in [0, 0.05) is 37.3 Å². The third kappa shape index (κ3) is 4.66. The lowest BCUT2D eigenvalue weighted by Gasteiger charge is -2.35. The number of rotatable bonds is 2. The van der Waals surface area contributed by atoms with E-state index in [-0.39, 0.29) is 11.8 Å². The molecular weight excluding hydrogens is 411 g/mol. The number of nitriles is 1. The predicted octanol–water partition coefficient (Wildman–Crippen LogP) is 3.86. The molecule has 31 heavy (non-hydrogen) atoms. The zero-order valence-electron chi connectivity index (χ0n) is 16.6. The topological polar surface area (TPSA) is 85.3 Å². The van der Waals surface area contributed by atoms with Gasteiger partial charge in [0.25, 0.3) is 0 Å². The Morgan fingerprint density at radius 2 is 1.77 bits per heavy atom. The molecule has 2 amide bonds. The summed E-state index contributed by atoms with van der Waals surface area (Å²) in [4.78, 5) is 16.5. The van der Waals surface area contributed by atoms with Crippen LogP contribution in [0.3, 0.4) is 0 Å². The number of alkyl halides is 3. The minimum absolute atomic E-state index is 0.0296. The highest BCUT2D eigenvalue weighted by molar-refractivity contribution is 5.80. The molecule has 1 N–H and O–H groups in total. The minimum atomic E-state index is -4.76. The number of carbonyl (C=O) groups is 1. The van der Waals surface area contributed by atoms with Crippen LogP contribution in [0.5, 0.6) is 5.75 Å². The van der Waals surface area contributed by atoms with Crippen LogP contribution >= 0.6 is 0 Å². The lowest BCUT2D eigenvalue weighted by atomic mass is 9.94. The Labute approximate surface area is 176 Å². The number of amides is 2. The number of ether oxygens (including phenoxy) is 1. The van der Waals surface area contributed by atoms with E-state index >= 15 is 0 Å². The molecule has 0 saturated carbocycles. The van der Waals surface area contributed by atoms with Gasteiger partial charge in [0.1, 0.15) is 5.75 Å². The van der Waals surface area contributed by atoms with Crippen LogP contribution in [0.4, 0.5) is 18.0 Å². The minimum Gasteiger partial charge on any atom is -0.406 e. The van der Waals surface area contributed by atoms with E-state index in [1.165, 1.54) is 24.3 Å². The lowest BCUT2D eigenvalue weighted by molar-refractivity contribution is -0.274. The second kappa shape index (κ2) is 8.34. The third-order valence-corrected chi connectivity index (χ3v) is 5.55. The van der Waals surface area contributed by atoms with Crippen LogP contribution in [0.25, 0.3) is 5.57 Å². The fourth-order valence-electron chi connectivity index (χ4n) is 3.97. The van der Waals surface area contributed by atoms with Crippen molar-refractivity contribution in [1.29, 1.82) is 5.26 Å². The average Bonchev–Trinajstić information content (AvgIpc) is 3.22. The number of hydrogen-bond acceptors (Lipinski definition) is 4. The number of urea groups is 1. The molecule has 162 valence electrons. The van der Waals surface area contributed by atoms with Crippen molar-refractivity contribution in [2.75, 3.05) is 19.6 Å². The second-order valence-corrected chi connectivity index (χ2v) is 7.48. The van der Waals surface area contributed by atoms with Gasteiger partial charge in [-0.1, -0.05) is 0 Å². The summed E-state index contributed by atoms with van der Waals surface area (Å²) >= 11 is 0. The normalized spacial score (nSPS) is 16.5. The van der Waals surface area contributed by atoms with Gasteiger partial charge in [0.2, 0.25) is 0 Å². The molecule has 2 aromatic rings. The smallest absolute Gasteiger partial charge is 0.406 e. The molecule has 0 aliphatic carbocycles. The van der Waals surface area contributed by atoms with E-state index < -0.39 is 6.36 Å². The molecule has 0 unspecified atom stereocenters. The van der Waals surface area contributed by atoms with E-state index in [1.807, 2.05) is 0 Å². The number of fused-ring (bicyclic) bond motifs is 1. The summed E-state index contributed by atoms with van der Waals surface area (Å²) in [6.07, 6.45) is -1.19. The number of halogens is 3. The molecule has 0 spiro atoms. The number of likely N-dealkylation sites (tertiary alicyclic amines) is 1. The van der Waals surface area contributed by atoms with E-state index in [1.54, 1.807) is 16.0 Å². The summed E-state index contributed by atoms with van der Waals surface area (Å²) in [6, 6.07) is 7.41. The molecule has 3 heterocycles. The maximum atomic E-state index is 12.9. The van der Waals surface area contributed by atoms with Gasteiger partial charge in [-0.25, -0.2) is 4.79 Å². The largest absolute Gasteiger partial charge is 0.573 e. The number of H-pyrrole nitrogens is 1. The average molecular weight is 431 g/mol. The van der Waals surface area contributed by atoms with E-state index in [2.05, 4.69) is 21.0 Å². The van der Waals surface area contributed by atoms with Gasteiger partial charge in [-0.05, 0) is 48.2 Å². The number of nitrogens with one attached hydrogen (secondary N) is 1. The summed E-state index contributed by atoms with van der Waals surface area (Å²) in [5, 5.41) is 16.6. The molecule has 10 heteroatoms. The maximum absolute atomic E-state index is 12.9. The zero-order valence-corrected chi connectivity index (χ0v) is 16.6. The molecule has 1 aromatic carbocycles. The van der Waals surface area contributed by atoms with Crippen molar-refractivity contribution in [3.05, 3.63) is 52.9 Å². The number of hydrogen-bond donors (Lipinski definition) is 1. The first-order valence-corrected chi connectivity index (χ1v) is 9.87. The van der Waals surface area contributed by atoms with Gasteiger partial charge < -0.3 is 14.5 Å². The highest BCUT2D eigenvalue weighted by Gasteiger charge is 2.31. The monoisotopic (exact) mass is 431 g/mol. The van der Waals surface area contributed by atoms with Crippen LogP contribution < -0.4 is 4.74 Å². The van der Waals surface area contributed by atoms with Crippen molar-refractivity contribution in [3.8, 4) is 11.8 Å². The van der Waals surface area contributed by atoms with Crippen molar-refractivity contribution in [2.45, 2.75) is 32.2 Å². The standard InChI is InChI=1S/C21H20F3N5O2/c22-21(23,24)31-17-3-1-14(2-4-17)18(11-25)15-5-8-28(9-6-15)20(30)29-10-7-19-16(13-29)12-26-27-19/h1-4,12H,5-10,13H2,(H,26,27). The van der Waals surface area contributed by atoms with Crippen molar-refractivity contribution in [3.63, 3.8) is 0 Å². The molecule has 1 saturated heterocycles. The number of carbonyl (C=O) groups excluding carboxylic acids is 1. The maximum Gasteiger partial charge on any atom is 0.573 e. The van der Waals surface area contributed by atoms with Crippen LogP contribution in [0.1, 0.15) is 29.7 Å². The van der Waals surface area contributed by atoms with Crippen molar-refractivity contribution in [1.82, 2.24) is 20.0 Å². The first-order chi connectivity index (χ1) is 14.8. The molecular formula is C21H20F3N5O2. The molecule has 2 aliphatic heterocycles. The quantitative estimate of drug-likeness (QED) is 0.732. The Balaban J connectivity index is 1.40. The number of nitrogens with zero attached hydrogens (tertiary/aromatic N) is 4. The predicted molar refractivity (Wildman–Crippen MR) is 105 cm³/mol. The fourth-order valence-corrected chi connectivity index (χ4v) is 3.97. The highest BCUT2D eigenvalue weighted by atomic mass is 19.4. The fraction of sp³-hybridized carbons (Fsp3) is 0.381. The van der Waals surface area contributed by atoms with Crippen LogP contribution in [0.2, 0.25) is 0 Å². The highest BCUT2D eigenvalue weighted by Crippen LogP contribution is 2.30. The van der Waals surface area contributed by atoms with Gasteiger partial charge in [-0.3, -0.25) is 5.10 Å². The molecule has 0 atom stereocenters. The van der Waals surface area contributed by atoms with Crippen LogP contribution in [-0.2, 0) is 13.0 Å². The lowest BCUT2D eigenvalue weighted by Crippen LogP contribution is -2.47. The van der Waals surface area contributed by atoms with Gasteiger partial charge in [0.15, 0.2) is 0 Å². The summed E-state index contributed by atoms with van der Waals surface area (Å²) in [5.74, 6) is -0.332. The summed E-state index contributed by atoms with van der Waals surface area (Å²) in [7, 11) is 0. The number of aromatic amines is 1. The Bertz CT molecular complexity index is 1030. The van der Waals surface area contributed by atoms with E-state index in [4.69, 9.17) is 0 Å². The van der Waals surface area contributed by atoms with Crippen LogP contribution in [0.15, 0.2) is 36.0 Å². The Hall–Kier alpha value is -3.48. The van der Waals surface area contributed by atoms with E-state index in [9.17, 15) is 23.2 Å². The van der Waals surface area contributed by atoms with Crippen LogP contribution in [-0.4, -0.2) is 52.0 Å². The third-order valence-electron chi connectivity index (χ3n) is 5.55. The first-order valence-electron chi connectivity index (χ1n) is 9.87. The van der Waals surface area contributed by atoms with Crippen molar-refractivity contribution < 1.29 is 22.7 Å². The van der Waals surface area contributed by atoms with Gasteiger partial charge in [-0.2, -0.15) is 10.4 Å². The molecule has 0 radical (unpaired) electrons. The number of aromatic nitrogens is 2. The molecule has 1 fully saturated rings. The van der Waals surface area contributed by atoms with E-state index in [0.29, 0.717) is 50.2 Å². The van der Waals surface area contributed by atoms with Gasteiger partial charge in [0.05, 0.1) is 24.4 Å². The summed E-state index contributed by atoms with van der Waals surface area (Å²) in [6.45, 7) is 2.13. The molecule has 4 rings (SSSR count). The zero-order chi connectivity index (χ0) is 22.0. The summed E-state index contributed by atoms with van der Waals surface area (Å²) in [5.41, 5.74) is 3.97. The SMILES string of the molecule is N#CC(=C1CCN(C(=O)N2CCc3[nH]ncc3C2)CC1)c1ccc(OC(F)(F)F)cc1. The molecule has 2 aliphatic rings. The van der Waals surface area contributed by atoms with Crippen molar-refractivity contribution >= 4 is 11.6 Å². The second-order valence-electron chi connectivity index (χ2n) is 7.48. The van der Waals surface area contributed by atoms with Gasteiger partial charge >= 0.3 is 12.4 Å². The first kappa shape index (κ1) is 20.8. The Morgan fingerprint density at radius 1 is 1.10 bits per heavy atom. The van der Waals surface area contributed by atoms with Crippen molar-refractivity contribution in [2.24, 2.45) is 0 Å². The Morgan fingerprint density at radius 3 is 2.42 bits per heavy atom.